The van der Waals surface area contributed by atoms with Gasteiger partial charge in [-0.05, 0) is 11.8 Å². The van der Waals surface area contributed by atoms with Gasteiger partial charge in [0.05, 0.1) is 5.02 Å². The van der Waals surface area contributed by atoms with Crippen molar-refractivity contribution < 1.29 is 9.90 Å². The Balaban J connectivity index is 2.98. The first kappa shape index (κ1) is 10.3. The summed E-state index contributed by atoms with van der Waals surface area (Å²) in [7, 11) is 0. The largest absolute Gasteiger partial charge is 0.476 e. The smallest absolute Gasteiger partial charge is 0.356 e. The fourth-order valence-corrected chi connectivity index (χ4v) is 1.80. The van der Waals surface area contributed by atoms with Crippen LogP contribution in [0, 0.1) is 0 Å². The zero-order chi connectivity index (χ0) is 9.84. The van der Waals surface area contributed by atoms with Gasteiger partial charge in [-0.3, -0.25) is 0 Å². The van der Waals surface area contributed by atoms with Crippen molar-refractivity contribution in [3.63, 3.8) is 0 Å². The van der Waals surface area contributed by atoms with E-state index in [1.54, 1.807) is 17.8 Å². The summed E-state index contributed by atoms with van der Waals surface area (Å²) in [5.74, 6) is -0.192. The molecule has 3 nitrogen and oxygen atoms in total. The molecule has 0 unspecified atom stereocenters. The molecule has 0 radical (unpaired) electrons. The Morgan fingerprint density at radius 1 is 1.77 bits per heavy atom. The molecule has 1 heterocycles. The number of carbonyl (C=O) groups is 1. The molecule has 0 atom stereocenters. The molecule has 1 N–H and O–H groups in total. The third-order valence-corrected chi connectivity index (χ3v) is 2.46. The van der Waals surface area contributed by atoms with E-state index in [0.717, 1.165) is 10.6 Å². The lowest BCUT2D eigenvalue weighted by atomic mass is 10.3. The molecule has 0 aliphatic heterocycles. The number of thioether (sulfide) groups is 1. The van der Waals surface area contributed by atoms with Crippen LogP contribution in [-0.4, -0.2) is 21.8 Å². The average Bonchev–Trinajstić information content (AvgIpc) is 2.04. The normalized spacial score (nSPS) is 10.0. The number of nitrogens with zero attached hydrogens (tertiary/aromatic N) is 1. The lowest BCUT2D eigenvalue weighted by Gasteiger charge is -2.00. The first-order valence-electron chi connectivity index (χ1n) is 3.66. The number of pyridine rings is 1. The van der Waals surface area contributed by atoms with Gasteiger partial charge in [-0.15, -0.1) is 11.8 Å². The SMILES string of the molecule is CCSc1cnc(C(=O)O)c(Cl)c1. The van der Waals surface area contributed by atoms with Crippen LogP contribution in [0.5, 0.6) is 0 Å². The minimum Gasteiger partial charge on any atom is -0.476 e. The maximum atomic E-state index is 10.5. The zero-order valence-electron chi connectivity index (χ0n) is 6.95. The van der Waals surface area contributed by atoms with Crippen LogP contribution < -0.4 is 0 Å². The Morgan fingerprint density at radius 2 is 2.46 bits per heavy atom. The highest BCUT2D eigenvalue weighted by molar-refractivity contribution is 7.99. The molecule has 0 spiro atoms. The summed E-state index contributed by atoms with van der Waals surface area (Å²) < 4.78 is 0. The molecule has 0 aromatic carbocycles. The monoisotopic (exact) mass is 217 g/mol. The van der Waals surface area contributed by atoms with Gasteiger partial charge in [0.1, 0.15) is 0 Å². The standard InChI is InChI=1S/C8H8ClNO2S/c1-2-13-5-3-6(9)7(8(11)12)10-4-5/h3-4H,2H2,1H3,(H,11,12). The highest BCUT2D eigenvalue weighted by Crippen LogP contribution is 2.22. The molecular weight excluding hydrogens is 210 g/mol. The Bertz CT molecular complexity index is 330. The summed E-state index contributed by atoms with van der Waals surface area (Å²) in [4.78, 5) is 15.2. The Morgan fingerprint density at radius 3 is 2.92 bits per heavy atom. The fourth-order valence-electron chi connectivity index (χ4n) is 0.823. The second kappa shape index (κ2) is 4.48. The van der Waals surface area contributed by atoms with Crippen LogP contribution in [0.1, 0.15) is 17.4 Å². The number of carboxylic acid groups (broad SMARTS) is 1. The van der Waals surface area contributed by atoms with Gasteiger partial charge in [-0.1, -0.05) is 18.5 Å². The number of rotatable bonds is 3. The molecule has 0 aliphatic carbocycles. The molecule has 0 aliphatic rings. The summed E-state index contributed by atoms with van der Waals surface area (Å²) in [6, 6.07) is 1.62. The highest BCUT2D eigenvalue weighted by Gasteiger charge is 2.10. The van der Waals surface area contributed by atoms with Crippen LogP contribution in [0.15, 0.2) is 17.2 Å². The van der Waals surface area contributed by atoms with E-state index in [-0.39, 0.29) is 10.7 Å². The summed E-state index contributed by atoms with van der Waals surface area (Å²) in [5.41, 5.74) is -0.0953. The van der Waals surface area contributed by atoms with Gasteiger partial charge in [0, 0.05) is 11.1 Å². The maximum Gasteiger partial charge on any atom is 0.356 e. The average molecular weight is 218 g/mol. The Kier molecular flexibility index (Phi) is 3.57. The van der Waals surface area contributed by atoms with Crippen LogP contribution >= 0.6 is 23.4 Å². The lowest BCUT2D eigenvalue weighted by Crippen LogP contribution is -2.00. The number of carboxylic acids is 1. The molecule has 1 aromatic rings. The number of hydrogen-bond donors (Lipinski definition) is 1. The molecule has 70 valence electrons. The van der Waals surface area contributed by atoms with Crippen LogP contribution in [0.3, 0.4) is 0 Å². The second-order valence-corrected chi connectivity index (χ2v) is 3.98. The molecule has 0 bridgehead atoms. The molecule has 0 amide bonds. The number of hydrogen-bond acceptors (Lipinski definition) is 3. The van der Waals surface area contributed by atoms with Crippen molar-refractivity contribution in [2.75, 3.05) is 5.75 Å². The molecule has 5 heteroatoms. The van der Waals surface area contributed by atoms with Crippen molar-refractivity contribution >= 4 is 29.3 Å². The minimum absolute atomic E-state index is 0.0953. The van der Waals surface area contributed by atoms with Crippen LogP contribution in [0.25, 0.3) is 0 Å². The molecule has 0 fully saturated rings. The topological polar surface area (TPSA) is 50.2 Å². The molecule has 1 rings (SSSR count). The molecule has 13 heavy (non-hydrogen) atoms. The van der Waals surface area contributed by atoms with Gasteiger partial charge in [0.2, 0.25) is 0 Å². The third-order valence-electron chi connectivity index (χ3n) is 1.33. The van der Waals surface area contributed by atoms with Gasteiger partial charge >= 0.3 is 5.97 Å². The summed E-state index contributed by atoms with van der Waals surface area (Å²) >= 11 is 7.27. The van der Waals surface area contributed by atoms with Gasteiger partial charge in [-0.2, -0.15) is 0 Å². The van der Waals surface area contributed by atoms with Crippen molar-refractivity contribution in [2.24, 2.45) is 0 Å². The lowest BCUT2D eigenvalue weighted by molar-refractivity contribution is 0.0690. The number of aromatic nitrogens is 1. The van der Waals surface area contributed by atoms with E-state index in [2.05, 4.69) is 4.98 Å². The van der Waals surface area contributed by atoms with Crippen molar-refractivity contribution in [1.29, 1.82) is 0 Å². The van der Waals surface area contributed by atoms with Gasteiger partial charge < -0.3 is 5.11 Å². The fraction of sp³-hybridized carbons (Fsp3) is 0.250. The zero-order valence-corrected chi connectivity index (χ0v) is 8.52. The summed E-state index contributed by atoms with van der Waals surface area (Å²) in [6.45, 7) is 2.00. The van der Waals surface area contributed by atoms with Crippen molar-refractivity contribution in [2.45, 2.75) is 11.8 Å². The van der Waals surface area contributed by atoms with Gasteiger partial charge in [0.15, 0.2) is 5.69 Å². The Hall–Kier alpha value is -0.740. The third kappa shape index (κ3) is 2.60. The van der Waals surface area contributed by atoms with Crippen LogP contribution in [-0.2, 0) is 0 Å². The summed E-state index contributed by atoms with van der Waals surface area (Å²) in [6.07, 6.45) is 1.52. The maximum absolute atomic E-state index is 10.5. The van der Waals surface area contributed by atoms with E-state index in [1.807, 2.05) is 6.92 Å². The van der Waals surface area contributed by atoms with E-state index >= 15 is 0 Å². The van der Waals surface area contributed by atoms with Crippen LogP contribution in [0.4, 0.5) is 0 Å². The predicted octanol–water partition coefficient (Wildman–Crippen LogP) is 2.55. The first-order valence-corrected chi connectivity index (χ1v) is 5.03. The minimum atomic E-state index is -1.10. The van der Waals surface area contributed by atoms with E-state index in [1.165, 1.54) is 6.20 Å². The Labute approximate surface area is 85.1 Å². The van der Waals surface area contributed by atoms with Gasteiger partial charge in [-0.25, -0.2) is 9.78 Å². The van der Waals surface area contributed by atoms with E-state index in [9.17, 15) is 4.79 Å². The van der Waals surface area contributed by atoms with Crippen molar-refractivity contribution in [3.8, 4) is 0 Å². The van der Waals surface area contributed by atoms with E-state index in [4.69, 9.17) is 16.7 Å². The molecular formula is C8H8ClNO2S. The first-order chi connectivity index (χ1) is 6.15. The predicted molar refractivity (Wildman–Crippen MR) is 52.6 cm³/mol. The quantitative estimate of drug-likeness (QED) is 0.791. The highest BCUT2D eigenvalue weighted by atomic mass is 35.5. The summed E-state index contributed by atoms with van der Waals surface area (Å²) in [5, 5.41) is 8.82. The van der Waals surface area contributed by atoms with Crippen molar-refractivity contribution in [1.82, 2.24) is 4.98 Å². The van der Waals surface area contributed by atoms with Crippen LogP contribution in [0.2, 0.25) is 5.02 Å². The molecule has 1 aromatic heterocycles. The number of halogens is 1. The van der Waals surface area contributed by atoms with E-state index < -0.39 is 5.97 Å². The van der Waals surface area contributed by atoms with Crippen molar-refractivity contribution in [3.05, 3.63) is 23.0 Å². The molecule has 0 saturated carbocycles. The molecule has 0 saturated heterocycles. The second-order valence-electron chi connectivity index (χ2n) is 2.24. The van der Waals surface area contributed by atoms with E-state index in [0.29, 0.717) is 0 Å². The number of aromatic carboxylic acids is 1. The van der Waals surface area contributed by atoms with Gasteiger partial charge in [0.25, 0.3) is 0 Å².